The van der Waals surface area contributed by atoms with Gasteiger partial charge in [-0.15, -0.1) is 0 Å². The van der Waals surface area contributed by atoms with Crippen molar-refractivity contribution < 1.29 is 4.74 Å². The Kier molecular flexibility index (Phi) is 3.51. The van der Waals surface area contributed by atoms with E-state index in [1.165, 1.54) is 6.42 Å². The van der Waals surface area contributed by atoms with Gasteiger partial charge in [0.25, 0.3) is 0 Å². The number of pyridine rings is 1. The van der Waals surface area contributed by atoms with E-state index in [1.807, 2.05) is 24.3 Å². The van der Waals surface area contributed by atoms with E-state index < -0.39 is 0 Å². The van der Waals surface area contributed by atoms with Crippen molar-refractivity contribution in [2.75, 3.05) is 5.73 Å². The van der Waals surface area contributed by atoms with Crippen molar-refractivity contribution in [3.8, 4) is 5.75 Å². The van der Waals surface area contributed by atoms with Crippen LogP contribution >= 0.6 is 0 Å². The van der Waals surface area contributed by atoms with Gasteiger partial charge >= 0.3 is 0 Å². The van der Waals surface area contributed by atoms with E-state index in [1.54, 1.807) is 6.20 Å². The number of hydrogen-bond acceptors (Lipinski definition) is 3. The molecular formula is C17H22N2O. The number of benzene rings is 1. The molecule has 20 heavy (non-hydrogen) atoms. The summed E-state index contributed by atoms with van der Waals surface area (Å²) >= 11 is 0. The SMILES string of the molecule is CC1CC(C)CC(Oc2ccc3ncccc3c2N)C1. The molecule has 0 bridgehead atoms. The van der Waals surface area contributed by atoms with E-state index >= 15 is 0 Å². The highest BCUT2D eigenvalue weighted by atomic mass is 16.5. The first-order valence-electron chi connectivity index (χ1n) is 7.43. The molecular weight excluding hydrogens is 248 g/mol. The van der Waals surface area contributed by atoms with Crippen LogP contribution in [0.4, 0.5) is 5.69 Å². The minimum absolute atomic E-state index is 0.283. The van der Waals surface area contributed by atoms with Gasteiger partial charge in [-0.05, 0) is 55.4 Å². The number of hydrogen-bond donors (Lipinski definition) is 1. The van der Waals surface area contributed by atoms with Crippen LogP contribution in [0.1, 0.15) is 33.1 Å². The molecule has 3 heteroatoms. The van der Waals surface area contributed by atoms with Crippen molar-refractivity contribution in [1.82, 2.24) is 4.98 Å². The van der Waals surface area contributed by atoms with Crippen molar-refractivity contribution in [2.45, 2.75) is 39.2 Å². The second kappa shape index (κ2) is 5.31. The van der Waals surface area contributed by atoms with E-state index in [9.17, 15) is 0 Å². The van der Waals surface area contributed by atoms with E-state index in [0.29, 0.717) is 5.69 Å². The molecule has 1 fully saturated rings. The van der Waals surface area contributed by atoms with Crippen molar-refractivity contribution in [1.29, 1.82) is 0 Å². The van der Waals surface area contributed by atoms with Gasteiger partial charge in [0, 0.05) is 11.6 Å². The van der Waals surface area contributed by atoms with Crippen LogP contribution in [0.25, 0.3) is 10.9 Å². The van der Waals surface area contributed by atoms with Gasteiger partial charge in [0.05, 0.1) is 17.3 Å². The summed E-state index contributed by atoms with van der Waals surface area (Å²) < 4.78 is 6.18. The maximum atomic E-state index is 6.24. The maximum Gasteiger partial charge on any atom is 0.143 e. The van der Waals surface area contributed by atoms with Gasteiger partial charge in [-0.1, -0.05) is 13.8 Å². The monoisotopic (exact) mass is 270 g/mol. The number of fused-ring (bicyclic) bond motifs is 1. The first-order valence-corrected chi connectivity index (χ1v) is 7.43. The number of nitrogens with two attached hydrogens (primary N) is 1. The second-order valence-electron chi connectivity index (χ2n) is 6.20. The fraction of sp³-hybridized carbons (Fsp3) is 0.471. The molecule has 0 saturated heterocycles. The molecule has 106 valence electrons. The molecule has 1 aromatic heterocycles. The molecule has 1 aromatic carbocycles. The smallest absolute Gasteiger partial charge is 0.143 e. The van der Waals surface area contributed by atoms with Crippen LogP contribution in [0.5, 0.6) is 5.75 Å². The fourth-order valence-corrected chi connectivity index (χ4v) is 3.41. The third-order valence-electron chi connectivity index (χ3n) is 4.22. The standard InChI is InChI=1S/C17H22N2O/c1-11-8-12(2)10-13(9-11)20-16-6-5-15-14(17(16)18)4-3-7-19-15/h3-7,11-13H,8-10,18H2,1-2H3. The molecule has 2 N–H and O–H groups in total. The van der Waals surface area contributed by atoms with E-state index in [4.69, 9.17) is 10.5 Å². The minimum Gasteiger partial charge on any atom is -0.488 e. The third-order valence-corrected chi connectivity index (χ3v) is 4.22. The lowest BCUT2D eigenvalue weighted by molar-refractivity contribution is 0.102. The summed E-state index contributed by atoms with van der Waals surface area (Å²) in [7, 11) is 0. The molecule has 1 aliphatic carbocycles. The van der Waals surface area contributed by atoms with Crippen LogP contribution < -0.4 is 10.5 Å². The number of nitrogen functional groups attached to an aromatic ring is 1. The summed E-state index contributed by atoms with van der Waals surface area (Å²) in [6.45, 7) is 4.61. The zero-order chi connectivity index (χ0) is 14.1. The number of anilines is 1. The quantitative estimate of drug-likeness (QED) is 0.838. The van der Waals surface area contributed by atoms with Gasteiger partial charge in [-0.2, -0.15) is 0 Å². The predicted octanol–water partition coefficient (Wildman–Crippen LogP) is 4.02. The lowest BCUT2D eigenvalue weighted by Gasteiger charge is -2.32. The maximum absolute atomic E-state index is 6.24. The van der Waals surface area contributed by atoms with Crippen molar-refractivity contribution >= 4 is 16.6 Å². The summed E-state index contributed by atoms with van der Waals surface area (Å²) in [6, 6.07) is 7.84. The highest BCUT2D eigenvalue weighted by Gasteiger charge is 2.25. The van der Waals surface area contributed by atoms with E-state index in [0.717, 1.165) is 41.3 Å². The highest BCUT2D eigenvalue weighted by molar-refractivity contribution is 5.93. The number of ether oxygens (including phenoxy) is 1. The van der Waals surface area contributed by atoms with Crippen LogP contribution in [-0.4, -0.2) is 11.1 Å². The minimum atomic E-state index is 0.283. The third kappa shape index (κ3) is 2.58. The largest absolute Gasteiger partial charge is 0.488 e. The van der Waals surface area contributed by atoms with Gasteiger partial charge in [0.1, 0.15) is 5.75 Å². The molecule has 2 atom stereocenters. The first kappa shape index (κ1) is 13.2. The van der Waals surface area contributed by atoms with Crippen molar-refractivity contribution in [3.05, 3.63) is 30.5 Å². The topological polar surface area (TPSA) is 48.1 Å². The van der Waals surface area contributed by atoms with Gasteiger partial charge in [-0.25, -0.2) is 0 Å². The lowest BCUT2D eigenvalue weighted by atomic mass is 9.82. The Hall–Kier alpha value is -1.77. The molecule has 0 radical (unpaired) electrons. The van der Waals surface area contributed by atoms with Crippen molar-refractivity contribution in [3.63, 3.8) is 0 Å². The second-order valence-corrected chi connectivity index (χ2v) is 6.20. The average Bonchev–Trinajstić information content (AvgIpc) is 2.41. The molecule has 1 heterocycles. The molecule has 0 spiro atoms. The van der Waals surface area contributed by atoms with Crippen LogP contribution in [0.15, 0.2) is 30.5 Å². The molecule has 1 saturated carbocycles. The zero-order valence-corrected chi connectivity index (χ0v) is 12.2. The summed E-state index contributed by atoms with van der Waals surface area (Å²) in [5.74, 6) is 2.26. The van der Waals surface area contributed by atoms with Crippen molar-refractivity contribution in [2.24, 2.45) is 11.8 Å². The van der Waals surface area contributed by atoms with E-state index in [-0.39, 0.29) is 6.10 Å². The van der Waals surface area contributed by atoms with Gasteiger partial charge in [0.2, 0.25) is 0 Å². The summed E-state index contributed by atoms with van der Waals surface area (Å²) in [5, 5.41) is 0.974. The Bertz CT molecular complexity index is 601. The van der Waals surface area contributed by atoms with Crippen LogP contribution in [0.2, 0.25) is 0 Å². The molecule has 2 aromatic rings. The molecule has 2 unspecified atom stereocenters. The normalized spacial score (nSPS) is 26.6. The molecule has 1 aliphatic rings. The Morgan fingerprint density at radius 1 is 1.10 bits per heavy atom. The summed E-state index contributed by atoms with van der Waals surface area (Å²) in [4.78, 5) is 4.32. The first-order chi connectivity index (χ1) is 9.63. The number of nitrogens with zero attached hydrogens (tertiary/aromatic N) is 1. The van der Waals surface area contributed by atoms with E-state index in [2.05, 4.69) is 18.8 Å². The molecule has 0 aliphatic heterocycles. The Morgan fingerprint density at radius 3 is 2.60 bits per heavy atom. The Balaban J connectivity index is 1.85. The van der Waals surface area contributed by atoms with Gasteiger partial charge in [-0.3, -0.25) is 4.98 Å². The summed E-state index contributed by atoms with van der Waals surface area (Å²) in [6.07, 6.45) is 5.61. The van der Waals surface area contributed by atoms with Gasteiger partial charge < -0.3 is 10.5 Å². The number of aromatic nitrogens is 1. The summed E-state index contributed by atoms with van der Waals surface area (Å²) in [5.41, 5.74) is 7.87. The highest BCUT2D eigenvalue weighted by Crippen LogP contribution is 2.35. The Morgan fingerprint density at radius 2 is 1.85 bits per heavy atom. The lowest BCUT2D eigenvalue weighted by Crippen LogP contribution is -2.28. The number of rotatable bonds is 2. The molecule has 3 rings (SSSR count). The zero-order valence-electron chi connectivity index (χ0n) is 12.2. The van der Waals surface area contributed by atoms with Crippen LogP contribution in [-0.2, 0) is 0 Å². The average molecular weight is 270 g/mol. The molecule has 0 amide bonds. The predicted molar refractivity (Wildman–Crippen MR) is 82.8 cm³/mol. The van der Waals surface area contributed by atoms with Gasteiger partial charge in [0.15, 0.2) is 0 Å². The van der Waals surface area contributed by atoms with Crippen LogP contribution in [0, 0.1) is 11.8 Å². The fourth-order valence-electron chi connectivity index (χ4n) is 3.41. The molecule has 3 nitrogen and oxygen atoms in total. The Labute approximate surface area is 120 Å². The van der Waals surface area contributed by atoms with Crippen LogP contribution in [0.3, 0.4) is 0 Å².